The van der Waals surface area contributed by atoms with Crippen LogP contribution in [0.25, 0.3) is 0 Å². The Hall–Kier alpha value is -0.730. The number of aromatic hydroxyl groups is 1. The van der Waals surface area contributed by atoms with Crippen molar-refractivity contribution in [1.29, 1.82) is 0 Å². The molecule has 1 fully saturated rings. The van der Waals surface area contributed by atoms with Crippen molar-refractivity contribution in [2.45, 2.75) is 45.6 Å². The monoisotopic (exact) mass is 295 g/mol. The molecule has 3 atom stereocenters. The second-order valence-electron chi connectivity index (χ2n) is 6.71. The largest absolute Gasteiger partial charge is 0.508 e. The molecular weight excluding hydrogens is 270 g/mol. The first-order valence-electron chi connectivity index (χ1n) is 7.67. The molecule has 112 valence electrons. The predicted octanol–water partition coefficient (Wildman–Crippen LogP) is 3.65. The first-order valence-corrected chi connectivity index (χ1v) is 7.67. The van der Waals surface area contributed by atoms with Crippen LogP contribution in [0.1, 0.15) is 37.8 Å². The molecule has 0 radical (unpaired) electrons. The van der Waals surface area contributed by atoms with E-state index < -0.39 is 0 Å². The molecular formula is C17H26ClNO. The van der Waals surface area contributed by atoms with Crippen LogP contribution in [0.5, 0.6) is 5.75 Å². The van der Waals surface area contributed by atoms with E-state index in [-0.39, 0.29) is 12.4 Å². The molecule has 1 aromatic carbocycles. The number of halogens is 1. The molecule has 1 aliphatic carbocycles. The van der Waals surface area contributed by atoms with Gasteiger partial charge in [-0.25, -0.2) is 0 Å². The zero-order chi connectivity index (χ0) is 13.4. The van der Waals surface area contributed by atoms with Gasteiger partial charge in [-0.3, -0.25) is 4.90 Å². The molecule has 3 heteroatoms. The zero-order valence-corrected chi connectivity index (χ0v) is 13.3. The summed E-state index contributed by atoms with van der Waals surface area (Å²) in [6.45, 7) is 7.21. The fourth-order valence-corrected chi connectivity index (χ4v) is 4.07. The summed E-state index contributed by atoms with van der Waals surface area (Å²) in [4.78, 5) is 2.67. The Labute approximate surface area is 128 Å². The molecule has 1 heterocycles. The van der Waals surface area contributed by atoms with Crippen LogP contribution in [0.15, 0.2) is 18.2 Å². The van der Waals surface area contributed by atoms with Gasteiger partial charge < -0.3 is 5.11 Å². The first kappa shape index (κ1) is 15.7. The maximum Gasteiger partial charge on any atom is 0.119 e. The summed E-state index contributed by atoms with van der Waals surface area (Å²) in [6.07, 6.45) is 4.76. The molecule has 0 bridgehead atoms. The molecule has 0 amide bonds. The number of piperidine rings is 1. The summed E-state index contributed by atoms with van der Waals surface area (Å²) in [7, 11) is 0. The highest BCUT2D eigenvalue weighted by molar-refractivity contribution is 5.85. The second-order valence-corrected chi connectivity index (χ2v) is 6.71. The van der Waals surface area contributed by atoms with Gasteiger partial charge in [0.2, 0.25) is 0 Å². The van der Waals surface area contributed by atoms with E-state index >= 15 is 0 Å². The lowest BCUT2D eigenvalue weighted by Crippen LogP contribution is -2.47. The summed E-state index contributed by atoms with van der Waals surface area (Å²) >= 11 is 0. The molecule has 1 saturated heterocycles. The van der Waals surface area contributed by atoms with Gasteiger partial charge >= 0.3 is 0 Å². The van der Waals surface area contributed by atoms with E-state index in [1.165, 1.54) is 37.1 Å². The second kappa shape index (κ2) is 6.36. The fraction of sp³-hybridized carbons (Fsp3) is 0.647. The Morgan fingerprint density at radius 3 is 2.55 bits per heavy atom. The number of likely N-dealkylation sites (tertiary alicyclic amines) is 1. The average molecular weight is 296 g/mol. The van der Waals surface area contributed by atoms with Gasteiger partial charge in [0.05, 0.1) is 0 Å². The minimum atomic E-state index is 0. The summed E-state index contributed by atoms with van der Waals surface area (Å²) in [6, 6.07) is 6.61. The molecule has 0 spiro atoms. The molecule has 20 heavy (non-hydrogen) atoms. The lowest BCUT2D eigenvalue weighted by Gasteiger charge is -2.42. The van der Waals surface area contributed by atoms with Crippen LogP contribution in [-0.2, 0) is 12.8 Å². The quantitative estimate of drug-likeness (QED) is 0.855. The number of aryl methyl sites for hydroxylation is 1. The number of hydrogen-bond donors (Lipinski definition) is 1. The van der Waals surface area contributed by atoms with Gasteiger partial charge in [-0.15, -0.1) is 12.4 Å². The summed E-state index contributed by atoms with van der Waals surface area (Å²) in [5.41, 5.74) is 2.55. The van der Waals surface area contributed by atoms with Gasteiger partial charge in [0, 0.05) is 19.1 Å². The van der Waals surface area contributed by atoms with E-state index in [1.807, 2.05) is 12.1 Å². The van der Waals surface area contributed by atoms with Crippen LogP contribution in [0.3, 0.4) is 0 Å². The van der Waals surface area contributed by atoms with Crippen LogP contribution in [0.4, 0.5) is 0 Å². The van der Waals surface area contributed by atoms with E-state index in [1.54, 1.807) is 0 Å². The van der Waals surface area contributed by atoms with E-state index in [4.69, 9.17) is 0 Å². The molecule has 1 N–H and O–H groups in total. The molecule has 1 unspecified atom stereocenters. The smallest absolute Gasteiger partial charge is 0.119 e. The highest BCUT2D eigenvalue weighted by Gasteiger charge is 2.30. The highest BCUT2D eigenvalue weighted by atomic mass is 35.5. The van der Waals surface area contributed by atoms with Crippen LogP contribution in [0, 0.1) is 11.8 Å². The highest BCUT2D eigenvalue weighted by Crippen LogP contribution is 2.33. The Morgan fingerprint density at radius 1 is 1.15 bits per heavy atom. The average Bonchev–Trinajstić information content (AvgIpc) is 2.38. The summed E-state index contributed by atoms with van der Waals surface area (Å²) in [5.74, 6) is 2.13. The number of rotatable bonds is 1. The molecule has 0 aromatic heterocycles. The number of fused-ring (bicyclic) bond motifs is 1. The number of phenols is 1. The zero-order valence-electron chi connectivity index (χ0n) is 12.5. The number of benzene rings is 1. The van der Waals surface area contributed by atoms with E-state index in [0.717, 1.165) is 24.7 Å². The SMILES string of the molecule is C[C@H]1C[C@H](C)CN(C2CCc3cccc(O)c3C2)C1.Cl. The maximum atomic E-state index is 10.1. The minimum Gasteiger partial charge on any atom is -0.508 e. The summed E-state index contributed by atoms with van der Waals surface area (Å²) in [5, 5.41) is 10.1. The Kier molecular flexibility index (Phi) is 4.98. The molecule has 1 aromatic rings. The van der Waals surface area contributed by atoms with E-state index in [2.05, 4.69) is 24.8 Å². The van der Waals surface area contributed by atoms with Crippen molar-refractivity contribution in [2.24, 2.45) is 11.8 Å². The third kappa shape index (κ3) is 3.12. The van der Waals surface area contributed by atoms with Crippen LogP contribution in [0.2, 0.25) is 0 Å². The Morgan fingerprint density at radius 2 is 1.85 bits per heavy atom. The summed E-state index contributed by atoms with van der Waals surface area (Å²) < 4.78 is 0. The van der Waals surface area contributed by atoms with Crippen molar-refractivity contribution in [3.63, 3.8) is 0 Å². The Bertz CT molecular complexity index is 452. The van der Waals surface area contributed by atoms with Gasteiger partial charge in [0.1, 0.15) is 5.75 Å². The lowest BCUT2D eigenvalue weighted by molar-refractivity contribution is 0.0875. The molecule has 0 saturated carbocycles. The van der Waals surface area contributed by atoms with Crippen LogP contribution in [-0.4, -0.2) is 29.1 Å². The van der Waals surface area contributed by atoms with Gasteiger partial charge in [0.15, 0.2) is 0 Å². The van der Waals surface area contributed by atoms with Gasteiger partial charge in [0.25, 0.3) is 0 Å². The van der Waals surface area contributed by atoms with Crippen LogP contribution >= 0.6 is 12.4 Å². The van der Waals surface area contributed by atoms with Crippen molar-refractivity contribution < 1.29 is 5.11 Å². The van der Waals surface area contributed by atoms with Crippen molar-refractivity contribution in [3.05, 3.63) is 29.3 Å². The van der Waals surface area contributed by atoms with Gasteiger partial charge in [-0.2, -0.15) is 0 Å². The van der Waals surface area contributed by atoms with Crippen molar-refractivity contribution in [1.82, 2.24) is 4.90 Å². The van der Waals surface area contributed by atoms with Crippen LogP contribution < -0.4 is 0 Å². The van der Waals surface area contributed by atoms with Gasteiger partial charge in [-0.05, 0) is 54.7 Å². The molecule has 2 nitrogen and oxygen atoms in total. The predicted molar refractivity (Wildman–Crippen MR) is 85.7 cm³/mol. The van der Waals surface area contributed by atoms with E-state index in [9.17, 15) is 5.11 Å². The van der Waals surface area contributed by atoms with Crippen molar-refractivity contribution >= 4 is 12.4 Å². The Balaban J connectivity index is 0.00000147. The molecule has 2 aliphatic rings. The third-order valence-electron chi connectivity index (χ3n) is 4.85. The third-order valence-corrected chi connectivity index (χ3v) is 4.85. The molecule has 1 aliphatic heterocycles. The van der Waals surface area contributed by atoms with Crippen molar-refractivity contribution in [2.75, 3.05) is 13.1 Å². The first-order chi connectivity index (χ1) is 9.13. The maximum absolute atomic E-state index is 10.1. The van der Waals surface area contributed by atoms with E-state index in [0.29, 0.717) is 11.8 Å². The van der Waals surface area contributed by atoms with Crippen molar-refractivity contribution in [3.8, 4) is 5.75 Å². The molecule has 3 rings (SSSR count). The minimum absolute atomic E-state index is 0. The number of nitrogens with zero attached hydrogens (tertiary/aromatic N) is 1. The standard InChI is InChI=1S/C17H25NO.ClH/c1-12-8-13(2)11-18(10-12)15-7-6-14-4-3-5-17(19)16(14)9-15;/h3-5,12-13,15,19H,6-11H2,1-2H3;1H/t12-,13-,15?;/m0./s1. The normalized spacial score (nSPS) is 30.4. The number of hydrogen-bond acceptors (Lipinski definition) is 2. The fourth-order valence-electron chi connectivity index (χ4n) is 4.07. The van der Waals surface area contributed by atoms with Gasteiger partial charge in [-0.1, -0.05) is 26.0 Å². The number of phenolic OH excluding ortho intramolecular Hbond substituents is 1. The topological polar surface area (TPSA) is 23.5 Å². The lowest BCUT2D eigenvalue weighted by atomic mass is 9.84.